The largest absolute Gasteiger partial charge is 0.296 e. The summed E-state index contributed by atoms with van der Waals surface area (Å²) in [7, 11) is -3.57. The summed E-state index contributed by atoms with van der Waals surface area (Å²) in [4.78, 5) is 0.240. The molecule has 0 aliphatic heterocycles. The van der Waals surface area contributed by atoms with E-state index in [1.807, 2.05) is 0 Å². The van der Waals surface area contributed by atoms with Crippen molar-refractivity contribution in [2.24, 2.45) is 0 Å². The molecule has 0 aliphatic rings. The fraction of sp³-hybridized carbons (Fsp3) is 0.700. The van der Waals surface area contributed by atoms with Crippen molar-refractivity contribution in [3.05, 3.63) is 30.3 Å². The first-order valence-electron chi connectivity index (χ1n) is 9.61. The number of hydrogen-bond donors (Lipinski definition) is 0. The van der Waals surface area contributed by atoms with Gasteiger partial charge in [-0.1, -0.05) is 95.8 Å². The third kappa shape index (κ3) is 12.7. The van der Waals surface area contributed by atoms with Crippen LogP contribution in [0.3, 0.4) is 0 Å². The fourth-order valence-electron chi connectivity index (χ4n) is 2.77. The van der Waals surface area contributed by atoms with Crippen LogP contribution in [0.5, 0.6) is 0 Å². The Morgan fingerprint density at radius 2 is 1.16 bits per heavy atom. The van der Waals surface area contributed by atoms with Gasteiger partial charge in [-0.25, -0.2) is 0 Å². The fourth-order valence-corrected chi connectivity index (χ4v) is 3.73. The average Bonchev–Trinajstić information content (AvgIpc) is 2.60. The molecule has 0 aromatic heterocycles. The van der Waals surface area contributed by atoms with Crippen LogP contribution in [0, 0.1) is 0 Å². The molecule has 0 saturated carbocycles. The Bertz CT molecular complexity index is 503. The molecule has 1 aromatic rings. The molecule has 5 heteroatoms. The Morgan fingerprint density at radius 1 is 0.720 bits per heavy atom. The van der Waals surface area contributed by atoms with Crippen LogP contribution < -0.4 is 0 Å². The summed E-state index contributed by atoms with van der Waals surface area (Å²) in [6, 6.07) is 8.35. The van der Waals surface area contributed by atoms with Gasteiger partial charge in [0.15, 0.2) is 0 Å². The molecule has 1 radical (unpaired) electrons. The van der Waals surface area contributed by atoms with E-state index in [9.17, 15) is 8.42 Å². The van der Waals surface area contributed by atoms with Gasteiger partial charge in [0.1, 0.15) is 0 Å². The molecule has 0 unspecified atom stereocenters. The molecule has 0 amide bonds. The standard InChI is InChI=1S/C20H34O3S.Li/c1-2-3-4-5-6-7-8-9-10-11-12-16-19-23-24(21,22)20-17-14-13-15-18-20;/h13-15,17-18H,2-12,16,19H2,1H3;. The molecule has 1 rings (SSSR count). The first-order chi connectivity index (χ1) is 11.7. The summed E-state index contributed by atoms with van der Waals surface area (Å²) in [6.45, 7) is 2.54. The van der Waals surface area contributed by atoms with Gasteiger partial charge in [0.2, 0.25) is 0 Å². The minimum Gasteiger partial charge on any atom is -0.266 e. The van der Waals surface area contributed by atoms with E-state index in [0.717, 1.165) is 12.8 Å². The van der Waals surface area contributed by atoms with E-state index in [-0.39, 0.29) is 30.4 Å². The summed E-state index contributed by atoms with van der Waals surface area (Å²) in [5, 5.41) is 0. The third-order valence-corrected chi connectivity index (χ3v) is 5.59. The summed E-state index contributed by atoms with van der Waals surface area (Å²) in [5.41, 5.74) is 0. The minimum absolute atomic E-state index is 0. The maximum absolute atomic E-state index is 11.9. The second-order valence-electron chi connectivity index (χ2n) is 6.48. The Labute approximate surface area is 167 Å². The van der Waals surface area contributed by atoms with Gasteiger partial charge < -0.3 is 0 Å². The predicted octanol–water partition coefficient (Wildman–Crippen LogP) is 5.71. The SMILES string of the molecule is CCCCCCCCCCCCCCOS(=O)(=O)c1ccccc1.[Li]. The van der Waals surface area contributed by atoms with Gasteiger partial charge >= 0.3 is 0 Å². The van der Waals surface area contributed by atoms with Gasteiger partial charge in [0.05, 0.1) is 11.5 Å². The maximum atomic E-state index is 11.9. The minimum atomic E-state index is -3.57. The number of unbranched alkanes of at least 4 members (excludes halogenated alkanes) is 11. The second kappa shape index (κ2) is 15.9. The van der Waals surface area contributed by atoms with Gasteiger partial charge in [0.25, 0.3) is 10.1 Å². The van der Waals surface area contributed by atoms with Crippen molar-refractivity contribution in [3.63, 3.8) is 0 Å². The molecule has 25 heavy (non-hydrogen) atoms. The molecule has 0 fully saturated rings. The van der Waals surface area contributed by atoms with Gasteiger partial charge in [-0.05, 0) is 18.6 Å². The van der Waals surface area contributed by atoms with Crippen LogP contribution in [-0.2, 0) is 14.3 Å². The van der Waals surface area contributed by atoms with Gasteiger partial charge in [-0.2, -0.15) is 8.42 Å². The van der Waals surface area contributed by atoms with Gasteiger partial charge in [-0.3, -0.25) is 4.18 Å². The zero-order chi connectivity index (χ0) is 17.5. The Kier molecular flexibility index (Phi) is 15.8. The Balaban J connectivity index is 0.00000576. The first kappa shape index (κ1) is 24.7. The van der Waals surface area contributed by atoms with E-state index < -0.39 is 10.1 Å². The molecule has 0 spiro atoms. The van der Waals surface area contributed by atoms with E-state index >= 15 is 0 Å². The maximum Gasteiger partial charge on any atom is 0.296 e. The van der Waals surface area contributed by atoms with Crippen molar-refractivity contribution < 1.29 is 12.6 Å². The summed E-state index contributed by atoms with van der Waals surface area (Å²) < 4.78 is 28.9. The predicted molar refractivity (Wildman–Crippen MR) is 106 cm³/mol. The summed E-state index contributed by atoms with van der Waals surface area (Å²) >= 11 is 0. The van der Waals surface area contributed by atoms with Crippen LogP contribution in [-0.4, -0.2) is 33.9 Å². The van der Waals surface area contributed by atoms with Crippen molar-refractivity contribution >= 4 is 29.0 Å². The Hall–Kier alpha value is -0.273. The van der Waals surface area contributed by atoms with E-state index in [2.05, 4.69) is 6.92 Å². The van der Waals surface area contributed by atoms with Crippen LogP contribution in [0.15, 0.2) is 35.2 Å². The van der Waals surface area contributed by atoms with Crippen molar-refractivity contribution in [2.45, 2.75) is 88.9 Å². The monoisotopic (exact) mass is 361 g/mol. The molecule has 0 N–H and O–H groups in total. The van der Waals surface area contributed by atoms with Crippen LogP contribution in [0.1, 0.15) is 84.0 Å². The topological polar surface area (TPSA) is 43.4 Å². The smallest absolute Gasteiger partial charge is 0.266 e. The van der Waals surface area contributed by atoms with Crippen LogP contribution in [0.25, 0.3) is 0 Å². The molecular formula is C20H34LiO3S. The molecule has 0 saturated heterocycles. The number of hydrogen-bond acceptors (Lipinski definition) is 3. The molecule has 0 heterocycles. The zero-order valence-corrected chi connectivity index (χ0v) is 17.0. The molecule has 139 valence electrons. The summed E-state index contributed by atoms with van der Waals surface area (Å²) in [5.74, 6) is 0. The van der Waals surface area contributed by atoms with Crippen molar-refractivity contribution in [3.8, 4) is 0 Å². The van der Waals surface area contributed by atoms with Gasteiger partial charge in [-0.15, -0.1) is 0 Å². The molecular weight excluding hydrogens is 327 g/mol. The third-order valence-electron chi connectivity index (χ3n) is 4.27. The Morgan fingerprint density at radius 3 is 1.64 bits per heavy atom. The zero-order valence-electron chi connectivity index (χ0n) is 16.2. The molecule has 0 aliphatic carbocycles. The molecule has 0 atom stereocenters. The van der Waals surface area contributed by atoms with Crippen molar-refractivity contribution in [1.82, 2.24) is 0 Å². The van der Waals surface area contributed by atoms with E-state index in [0.29, 0.717) is 0 Å². The quantitative estimate of drug-likeness (QED) is 0.228. The first-order valence-corrected chi connectivity index (χ1v) is 11.0. The normalized spacial score (nSPS) is 11.2. The molecule has 1 aromatic carbocycles. The van der Waals surface area contributed by atoms with Crippen LogP contribution in [0.2, 0.25) is 0 Å². The van der Waals surface area contributed by atoms with E-state index in [4.69, 9.17) is 4.18 Å². The van der Waals surface area contributed by atoms with Gasteiger partial charge in [0, 0.05) is 18.9 Å². The second-order valence-corrected chi connectivity index (χ2v) is 8.09. The summed E-state index contributed by atoms with van der Waals surface area (Å²) in [6.07, 6.45) is 15.1. The van der Waals surface area contributed by atoms with Crippen molar-refractivity contribution in [1.29, 1.82) is 0 Å². The van der Waals surface area contributed by atoms with Crippen molar-refractivity contribution in [2.75, 3.05) is 6.61 Å². The van der Waals surface area contributed by atoms with E-state index in [1.54, 1.807) is 30.3 Å². The van der Waals surface area contributed by atoms with Crippen LogP contribution >= 0.6 is 0 Å². The molecule has 0 bridgehead atoms. The van der Waals surface area contributed by atoms with Crippen LogP contribution in [0.4, 0.5) is 0 Å². The van der Waals surface area contributed by atoms with E-state index in [1.165, 1.54) is 64.2 Å². The average molecular weight is 361 g/mol. The molecule has 3 nitrogen and oxygen atoms in total. The number of rotatable bonds is 15. The number of benzene rings is 1.